The van der Waals surface area contributed by atoms with Gasteiger partial charge < -0.3 is 15.0 Å². The Hall–Kier alpha value is -1.71. The number of rotatable bonds is 7. The summed E-state index contributed by atoms with van der Waals surface area (Å²) >= 11 is 0. The number of aliphatic hydroxyl groups excluding tert-OH is 1. The van der Waals surface area contributed by atoms with Gasteiger partial charge in [-0.2, -0.15) is 0 Å². The van der Waals surface area contributed by atoms with E-state index < -0.39 is 10.0 Å². The van der Waals surface area contributed by atoms with Crippen LogP contribution in [0.4, 0.5) is 5.82 Å². The normalized spacial score (nSPS) is 28.2. The van der Waals surface area contributed by atoms with Gasteiger partial charge >= 0.3 is 0 Å². The Morgan fingerprint density at radius 3 is 2.73 bits per heavy atom. The lowest BCUT2D eigenvalue weighted by atomic mass is 9.85. The van der Waals surface area contributed by atoms with Crippen LogP contribution in [0.1, 0.15) is 45.4 Å². The first-order chi connectivity index (χ1) is 14.4. The Kier molecular flexibility index (Phi) is 6.05. The lowest BCUT2D eigenvalue weighted by molar-refractivity contribution is 0.133. The minimum atomic E-state index is -3.28. The molecule has 2 fully saturated rings. The third-order valence-corrected chi connectivity index (χ3v) is 9.35. The average molecular weight is 436 g/mol. The molecule has 1 aliphatic carbocycles. The highest BCUT2D eigenvalue weighted by Gasteiger charge is 2.41. The number of hydrogen-bond acceptors (Lipinski definition) is 6. The predicted octanol–water partition coefficient (Wildman–Crippen LogP) is 2.38. The molecule has 2 aliphatic rings. The highest BCUT2D eigenvalue weighted by atomic mass is 32.2. The van der Waals surface area contributed by atoms with E-state index in [9.17, 15) is 13.5 Å². The van der Waals surface area contributed by atoms with Crippen molar-refractivity contribution < 1.29 is 13.5 Å². The van der Waals surface area contributed by atoms with Crippen molar-refractivity contribution in [2.75, 3.05) is 37.4 Å². The zero-order chi connectivity index (χ0) is 21.4. The van der Waals surface area contributed by atoms with E-state index >= 15 is 0 Å². The minimum Gasteiger partial charge on any atom is -0.396 e. The lowest BCUT2D eigenvalue weighted by Crippen LogP contribution is -2.40. The van der Waals surface area contributed by atoms with Gasteiger partial charge in [-0.15, -0.1) is 0 Å². The summed E-state index contributed by atoms with van der Waals surface area (Å²) in [7, 11) is -1.21. The van der Waals surface area contributed by atoms with Gasteiger partial charge in [-0.3, -0.25) is 0 Å². The molecule has 0 amide bonds. The maximum atomic E-state index is 13.0. The van der Waals surface area contributed by atoms with Crippen molar-refractivity contribution in [3.8, 4) is 0 Å². The summed E-state index contributed by atoms with van der Waals surface area (Å²) in [6.45, 7) is 3.09. The molecule has 1 atom stereocenters. The molecule has 2 aromatic heterocycles. The van der Waals surface area contributed by atoms with E-state index in [1.54, 1.807) is 10.6 Å². The maximum Gasteiger partial charge on any atom is 0.214 e. The summed E-state index contributed by atoms with van der Waals surface area (Å²) in [6.07, 6.45) is 8.76. The molecular weight excluding hydrogens is 402 g/mol. The van der Waals surface area contributed by atoms with Gasteiger partial charge in [0, 0.05) is 44.4 Å². The molecule has 4 rings (SSSR count). The number of aromatic nitrogens is 3. The van der Waals surface area contributed by atoms with Gasteiger partial charge in [0.2, 0.25) is 10.0 Å². The second-order valence-electron chi connectivity index (χ2n) is 9.10. The largest absolute Gasteiger partial charge is 0.396 e. The van der Waals surface area contributed by atoms with Crippen LogP contribution in [0.2, 0.25) is 0 Å². The highest BCUT2D eigenvalue weighted by Crippen LogP contribution is 2.37. The van der Waals surface area contributed by atoms with Crippen molar-refractivity contribution in [2.45, 2.75) is 51.5 Å². The Morgan fingerprint density at radius 2 is 2.07 bits per heavy atom. The highest BCUT2D eigenvalue weighted by molar-refractivity contribution is 7.89. The Bertz CT molecular complexity index is 964. The van der Waals surface area contributed by atoms with Crippen molar-refractivity contribution >= 4 is 26.9 Å². The molecular formula is C21H33N5O3S. The van der Waals surface area contributed by atoms with Gasteiger partial charge in [-0.05, 0) is 50.5 Å². The second-order valence-corrected chi connectivity index (χ2v) is 11.1. The fourth-order valence-electron chi connectivity index (χ4n) is 5.08. The number of H-pyrrole nitrogens is 1. The monoisotopic (exact) mass is 435 g/mol. The molecule has 30 heavy (non-hydrogen) atoms. The van der Waals surface area contributed by atoms with Crippen molar-refractivity contribution in [3.63, 3.8) is 0 Å². The Labute approximate surface area is 178 Å². The van der Waals surface area contributed by atoms with Crippen molar-refractivity contribution in [3.05, 3.63) is 18.6 Å². The quantitative estimate of drug-likeness (QED) is 0.692. The molecule has 0 spiro atoms. The van der Waals surface area contributed by atoms with E-state index in [1.165, 1.54) is 0 Å². The van der Waals surface area contributed by atoms with Gasteiger partial charge in [-0.25, -0.2) is 22.7 Å². The summed E-state index contributed by atoms with van der Waals surface area (Å²) in [4.78, 5) is 14.1. The number of aromatic amines is 1. The Balaban J connectivity index is 1.35. The number of nitrogens with one attached hydrogen (secondary N) is 1. The second kappa shape index (κ2) is 8.43. The average Bonchev–Trinajstić information content (AvgIpc) is 3.41. The lowest BCUT2D eigenvalue weighted by Gasteiger charge is -2.36. The first kappa shape index (κ1) is 21.5. The predicted molar refractivity (Wildman–Crippen MR) is 118 cm³/mol. The zero-order valence-corrected chi connectivity index (χ0v) is 18.7. The van der Waals surface area contributed by atoms with E-state index in [4.69, 9.17) is 0 Å². The van der Waals surface area contributed by atoms with Crippen LogP contribution in [0.25, 0.3) is 11.0 Å². The molecule has 166 valence electrons. The number of sulfonamides is 1. The molecule has 9 heteroatoms. The molecule has 0 aromatic carbocycles. The number of anilines is 1. The van der Waals surface area contributed by atoms with Crippen molar-refractivity contribution in [1.82, 2.24) is 19.3 Å². The smallest absolute Gasteiger partial charge is 0.214 e. The van der Waals surface area contributed by atoms with E-state index in [-0.39, 0.29) is 23.7 Å². The number of nitrogens with zero attached hydrogens (tertiary/aromatic N) is 4. The van der Waals surface area contributed by atoms with Crippen LogP contribution in [0, 0.1) is 11.3 Å². The van der Waals surface area contributed by atoms with Crippen LogP contribution in [-0.4, -0.2) is 71.3 Å². The molecule has 8 nitrogen and oxygen atoms in total. The van der Waals surface area contributed by atoms with Crippen molar-refractivity contribution in [2.24, 2.45) is 11.3 Å². The SMILES string of the molecule is CCC1(CO)CCN(S(=O)(=O)CC2CCC(N(C)c3ncnc4[nH]ccc34)CC2)C1. The number of fused-ring (bicyclic) bond motifs is 1. The Morgan fingerprint density at radius 1 is 1.30 bits per heavy atom. The summed E-state index contributed by atoms with van der Waals surface area (Å²) in [6, 6.07) is 2.35. The van der Waals surface area contributed by atoms with E-state index in [0.29, 0.717) is 19.1 Å². The number of aliphatic hydroxyl groups is 1. The van der Waals surface area contributed by atoms with Crippen LogP contribution in [-0.2, 0) is 10.0 Å². The molecule has 1 aliphatic heterocycles. The molecule has 0 radical (unpaired) electrons. The molecule has 1 unspecified atom stereocenters. The van der Waals surface area contributed by atoms with Gasteiger partial charge in [0.15, 0.2) is 0 Å². The van der Waals surface area contributed by atoms with Crippen LogP contribution in [0.3, 0.4) is 0 Å². The summed E-state index contributed by atoms with van der Waals surface area (Å²) in [5.41, 5.74) is 0.581. The summed E-state index contributed by atoms with van der Waals surface area (Å²) < 4.78 is 27.6. The molecule has 2 N–H and O–H groups in total. The standard InChI is InChI=1S/C21H33N5O3S/c1-3-21(14-27)9-11-26(13-21)30(28,29)12-16-4-6-17(7-5-16)25(2)20-18-8-10-22-19(18)23-15-24-20/h8,10,15-17,27H,3-7,9,11-14H2,1-2H3,(H,22,23,24). The van der Waals surface area contributed by atoms with Gasteiger partial charge in [0.25, 0.3) is 0 Å². The van der Waals surface area contributed by atoms with Gasteiger partial charge in [-0.1, -0.05) is 6.92 Å². The first-order valence-corrected chi connectivity index (χ1v) is 12.6. The third kappa shape index (κ3) is 4.07. The van der Waals surface area contributed by atoms with E-state index in [0.717, 1.165) is 55.4 Å². The summed E-state index contributed by atoms with van der Waals surface area (Å²) in [5.74, 6) is 1.35. The van der Waals surface area contributed by atoms with E-state index in [1.807, 2.05) is 19.2 Å². The summed E-state index contributed by atoms with van der Waals surface area (Å²) in [5, 5.41) is 10.7. The van der Waals surface area contributed by atoms with Crippen LogP contribution < -0.4 is 4.90 Å². The molecule has 2 aromatic rings. The van der Waals surface area contributed by atoms with E-state index in [2.05, 4.69) is 26.9 Å². The molecule has 1 saturated carbocycles. The van der Waals surface area contributed by atoms with Crippen molar-refractivity contribution in [1.29, 1.82) is 0 Å². The molecule has 3 heterocycles. The van der Waals surface area contributed by atoms with Crippen LogP contribution in [0.5, 0.6) is 0 Å². The van der Waals surface area contributed by atoms with Crippen LogP contribution >= 0.6 is 0 Å². The maximum absolute atomic E-state index is 13.0. The zero-order valence-electron chi connectivity index (χ0n) is 17.9. The van der Waals surface area contributed by atoms with Crippen LogP contribution in [0.15, 0.2) is 18.6 Å². The minimum absolute atomic E-state index is 0.0599. The third-order valence-electron chi connectivity index (χ3n) is 7.36. The molecule has 0 bridgehead atoms. The van der Waals surface area contributed by atoms with Gasteiger partial charge in [0.1, 0.15) is 17.8 Å². The number of hydrogen-bond donors (Lipinski definition) is 2. The fourth-order valence-corrected chi connectivity index (χ4v) is 7.06. The first-order valence-electron chi connectivity index (χ1n) is 11.0. The van der Waals surface area contributed by atoms with Gasteiger partial charge in [0.05, 0.1) is 11.1 Å². The topological polar surface area (TPSA) is 102 Å². The fraction of sp³-hybridized carbons (Fsp3) is 0.714. The molecule has 1 saturated heterocycles.